The molecule has 0 aromatic heterocycles. The van der Waals surface area contributed by atoms with Gasteiger partial charge in [-0.2, -0.15) is 0 Å². The summed E-state index contributed by atoms with van der Waals surface area (Å²) in [6, 6.07) is 0. The quantitative estimate of drug-likeness (QED) is 0.477. The maximum absolute atomic E-state index is 9.86. The van der Waals surface area contributed by atoms with Gasteiger partial charge in [-0.1, -0.05) is 5.92 Å². The lowest BCUT2D eigenvalue weighted by atomic mass is 10.3. The molecule has 2 heteroatoms. The average molecular weight is 96.1 g/mol. The van der Waals surface area contributed by atoms with E-state index in [0.29, 0.717) is 6.42 Å². The normalized spacial score (nSPS) is 7.29. The van der Waals surface area contributed by atoms with Crippen LogP contribution in [0.3, 0.4) is 0 Å². The second-order valence-electron chi connectivity index (χ2n) is 1.14. The molecular weight excluding hydrogens is 90.1 g/mol. The first-order valence-corrected chi connectivity index (χ1v) is 1.95. The van der Waals surface area contributed by atoms with Gasteiger partial charge in [0.1, 0.15) is 0 Å². The summed E-state index contributed by atoms with van der Waals surface area (Å²) in [5, 5.41) is 0. The third-order valence-corrected chi connectivity index (χ3v) is 0.496. The predicted molar refractivity (Wildman–Crippen MR) is 25.6 cm³/mol. The molecule has 0 aromatic carbocycles. The lowest BCUT2D eigenvalue weighted by Crippen LogP contribution is -2.08. The predicted octanol–water partition coefficient (Wildman–Crippen LogP) is -0.158. The first-order chi connectivity index (χ1) is 3.27. The molecule has 0 saturated heterocycles. The third-order valence-electron chi connectivity index (χ3n) is 0.496. The van der Waals surface area contributed by atoms with Crippen LogP contribution in [-0.2, 0) is 4.79 Å². The van der Waals surface area contributed by atoms with Crippen LogP contribution >= 0.6 is 0 Å². The molecular formula is C5H6NO. The zero-order valence-corrected chi connectivity index (χ0v) is 3.90. The second-order valence-corrected chi connectivity index (χ2v) is 1.14. The van der Waals surface area contributed by atoms with Crippen LogP contribution in [0.5, 0.6) is 0 Å². The molecule has 0 spiro atoms. The Hall–Kier alpha value is -0.970. The molecule has 0 aromatic rings. The van der Waals surface area contributed by atoms with Crippen LogP contribution in [0.1, 0.15) is 12.8 Å². The summed E-state index contributed by atoms with van der Waals surface area (Å²) in [5.74, 6) is 1.67. The smallest absolute Gasteiger partial charge is 0.218 e. The van der Waals surface area contributed by atoms with Crippen LogP contribution in [0.25, 0.3) is 0 Å². The van der Waals surface area contributed by atoms with Crippen LogP contribution in [0.2, 0.25) is 0 Å². The molecule has 7 heavy (non-hydrogen) atoms. The molecule has 0 fully saturated rings. The summed E-state index contributed by atoms with van der Waals surface area (Å²) in [7, 11) is 0. The number of carbonyl (C=O) groups is 1. The first kappa shape index (κ1) is 6.03. The fraction of sp³-hybridized carbons (Fsp3) is 0.400. The lowest BCUT2D eigenvalue weighted by molar-refractivity contribution is -0.117. The topological polar surface area (TPSA) is 43.1 Å². The van der Waals surface area contributed by atoms with Crippen LogP contribution in [0.4, 0.5) is 0 Å². The van der Waals surface area contributed by atoms with Gasteiger partial charge in [-0.15, -0.1) is 0 Å². The number of rotatable bonds is 2. The number of nitrogens with two attached hydrogens (primary N) is 1. The Balaban J connectivity index is 3.02. The van der Waals surface area contributed by atoms with Crippen molar-refractivity contribution in [2.75, 3.05) is 0 Å². The fourth-order valence-electron chi connectivity index (χ4n) is 0.186. The van der Waals surface area contributed by atoms with E-state index in [9.17, 15) is 4.79 Å². The monoisotopic (exact) mass is 96.0 g/mol. The van der Waals surface area contributed by atoms with Crippen molar-refractivity contribution in [2.45, 2.75) is 12.8 Å². The highest BCUT2D eigenvalue weighted by molar-refractivity contribution is 5.73. The van der Waals surface area contributed by atoms with Crippen molar-refractivity contribution < 1.29 is 4.79 Å². The molecule has 1 radical (unpaired) electrons. The molecule has 0 bridgehead atoms. The van der Waals surface area contributed by atoms with E-state index in [-0.39, 0.29) is 12.3 Å². The van der Waals surface area contributed by atoms with Crippen molar-refractivity contribution in [3.63, 3.8) is 0 Å². The van der Waals surface area contributed by atoms with Gasteiger partial charge < -0.3 is 5.73 Å². The summed E-state index contributed by atoms with van der Waals surface area (Å²) in [6.45, 7) is 0. The van der Waals surface area contributed by atoms with Crippen molar-refractivity contribution in [3.8, 4) is 5.92 Å². The maximum atomic E-state index is 9.86. The van der Waals surface area contributed by atoms with Gasteiger partial charge in [-0.3, -0.25) is 4.79 Å². The Morgan fingerprint density at radius 1 is 1.86 bits per heavy atom. The molecule has 0 atom stereocenters. The first-order valence-electron chi connectivity index (χ1n) is 1.95. The largest absolute Gasteiger partial charge is 0.370 e. The van der Waals surface area contributed by atoms with E-state index in [1.54, 1.807) is 0 Å². The highest BCUT2D eigenvalue weighted by Gasteiger charge is 1.86. The van der Waals surface area contributed by atoms with Crippen molar-refractivity contribution in [2.24, 2.45) is 5.73 Å². The minimum absolute atomic E-state index is 0.240. The van der Waals surface area contributed by atoms with Gasteiger partial charge in [0, 0.05) is 12.8 Å². The summed E-state index contributed by atoms with van der Waals surface area (Å²) < 4.78 is 0. The molecule has 37 valence electrons. The zero-order valence-electron chi connectivity index (χ0n) is 3.90. The Morgan fingerprint density at radius 2 is 2.43 bits per heavy atom. The Kier molecular flexibility index (Phi) is 2.78. The number of carbonyl (C=O) groups excluding carboxylic acids is 1. The summed E-state index contributed by atoms with van der Waals surface area (Å²) in [6.07, 6.45) is 6.92. The van der Waals surface area contributed by atoms with Crippen molar-refractivity contribution >= 4 is 5.91 Å². The standard InChI is InChI=1S/C5H6NO/c1-2-3-4-5(6)7/h3-4H2,(H2,6,7). The second kappa shape index (κ2) is 3.23. The fourth-order valence-corrected chi connectivity index (χ4v) is 0.186. The van der Waals surface area contributed by atoms with Crippen molar-refractivity contribution in [1.82, 2.24) is 0 Å². The van der Waals surface area contributed by atoms with Gasteiger partial charge in [0.05, 0.1) is 0 Å². The third kappa shape index (κ3) is 5.03. The molecule has 0 heterocycles. The molecule has 0 aliphatic heterocycles. The molecule has 0 rings (SSSR count). The van der Waals surface area contributed by atoms with E-state index >= 15 is 0 Å². The molecule has 1 amide bonds. The minimum atomic E-state index is -0.375. The summed E-state index contributed by atoms with van der Waals surface area (Å²) >= 11 is 0. The van der Waals surface area contributed by atoms with E-state index in [2.05, 4.69) is 0 Å². The van der Waals surface area contributed by atoms with E-state index in [0.717, 1.165) is 0 Å². The van der Waals surface area contributed by atoms with Gasteiger partial charge in [-0.05, 0) is 6.42 Å². The van der Waals surface area contributed by atoms with E-state index < -0.39 is 0 Å². The van der Waals surface area contributed by atoms with Gasteiger partial charge in [-0.25, -0.2) is 0 Å². The molecule has 0 unspecified atom stereocenters. The minimum Gasteiger partial charge on any atom is -0.370 e. The van der Waals surface area contributed by atoms with Gasteiger partial charge >= 0.3 is 0 Å². The molecule has 2 nitrogen and oxygen atoms in total. The maximum Gasteiger partial charge on any atom is 0.218 e. The molecule has 0 aliphatic rings. The molecule has 0 saturated carbocycles. The van der Waals surface area contributed by atoms with E-state index in [1.807, 2.05) is 5.92 Å². The Morgan fingerprint density at radius 3 is 2.57 bits per heavy atom. The summed E-state index contributed by atoms with van der Waals surface area (Å²) in [4.78, 5) is 9.86. The number of amides is 1. The molecule has 2 N–H and O–H groups in total. The highest BCUT2D eigenvalue weighted by Crippen LogP contribution is 1.80. The van der Waals surface area contributed by atoms with Gasteiger partial charge in [0.25, 0.3) is 0 Å². The van der Waals surface area contributed by atoms with Gasteiger partial charge in [0.15, 0.2) is 0 Å². The number of primary amides is 1. The molecule has 0 aliphatic carbocycles. The number of hydrogen-bond acceptors (Lipinski definition) is 1. The van der Waals surface area contributed by atoms with Crippen LogP contribution in [0.15, 0.2) is 0 Å². The Labute approximate surface area is 42.7 Å². The number of hydrogen-bond donors (Lipinski definition) is 1. The SMILES string of the molecule is [C]#CCCC(N)=O. The van der Waals surface area contributed by atoms with E-state index in [4.69, 9.17) is 12.2 Å². The Bertz CT molecular complexity index is 101. The van der Waals surface area contributed by atoms with Crippen molar-refractivity contribution in [3.05, 3.63) is 6.42 Å². The highest BCUT2D eigenvalue weighted by atomic mass is 16.1. The lowest BCUT2D eigenvalue weighted by Gasteiger charge is -1.81. The average Bonchev–Trinajstić information content (AvgIpc) is 1.61. The van der Waals surface area contributed by atoms with Crippen LogP contribution in [-0.4, -0.2) is 5.91 Å². The zero-order chi connectivity index (χ0) is 5.70. The van der Waals surface area contributed by atoms with E-state index in [1.165, 1.54) is 0 Å². The summed E-state index contributed by atoms with van der Waals surface area (Å²) in [5.41, 5.74) is 4.72. The van der Waals surface area contributed by atoms with Crippen LogP contribution < -0.4 is 5.73 Å². The van der Waals surface area contributed by atoms with Crippen molar-refractivity contribution in [1.29, 1.82) is 0 Å². The van der Waals surface area contributed by atoms with Crippen LogP contribution in [0, 0.1) is 12.3 Å². The van der Waals surface area contributed by atoms with Gasteiger partial charge in [0.2, 0.25) is 5.91 Å².